The minimum Gasteiger partial charge on any atom is -0.494 e. The summed E-state index contributed by atoms with van der Waals surface area (Å²) < 4.78 is 7.12. The highest BCUT2D eigenvalue weighted by atomic mass is 16.6. The zero-order valence-corrected chi connectivity index (χ0v) is 16.9. The molecule has 0 radical (unpaired) electrons. The summed E-state index contributed by atoms with van der Waals surface area (Å²) in [5.41, 5.74) is 1.90. The highest BCUT2D eigenvalue weighted by Crippen LogP contribution is 2.24. The van der Waals surface area contributed by atoms with Crippen molar-refractivity contribution in [2.24, 2.45) is 0 Å². The maximum Gasteiger partial charge on any atom is 0.381 e. The lowest BCUT2D eigenvalue weighted by molar-refractivity contribution is -0.389. The van der Waals surface area contributed by atoms with Gasteiger partial charge in [0.1, 0.15) is 11.9 Å². The van der Waals surface area contributed by atoms with Crippen LogP contribution in [0.15, 0.2) is 60.8 Å². The molecule has 0 saturated heterocycles. The Morgan fingerprint density at radius 3 is 2.43 bits per heavy atom. The fourth-order valence-corrected chi connectivity index (χ4v) is 3.19. The van der Waals surface area contributed by atoms with Crippen LogP contribution >= 0.6 is 0 Å². The summed E-state index contributed by atoms with van der Waals surface area (Å²) >= 11 is 0. The van der Waals surface area contributed by atoms with Gasteiger partial charge in [0.2, 0.25) is 11.7 Å². The number of nitro groups is 1. The highest BCUT2D eigenvalue weighted by Gasteiger charge is 2.19. The summed E-state index contributed by atoms with van der Waals surface area (Å²) in [6.07, 6.45) is 1.53. The average Bonchev–Trinajstić information content (AvgIpc) is 3.13. The smallest absolute Gasteiger partial charge is 0.381 e. The maximum absolute atomic E-state index is 12.7. The van der Waals surface area contributed by atoms with E-state index in [2.05, 4.69) is 10.3 Å². The number of amides is 1. The molecule has 1 heterocycles. The van der Waals surface area contributed by atoms with Crippen LogP contribution in [0.2, 0.25) is 0 Å². The monoisotopic (exact) mass is 408 g/mol. The van der Waals surface area contributed by atoms with Gasteiger partial charge in [-0.2, -0.15) is 0 Å². The van der Waals surface area contributed by atoms with E-state index in [1.807, 2.05) is 61.5 Å². The predicted molar refractivity (Wildman–Crippen MR) is 112 cm³/mol. The van der Waals surface area contributed by atoms with Crippen LogP contribution in [0.3, 0.4) is 0 Å². The van der Waals surface area contributed by atoms with Gasteiger partial charge in [-0.05, 0) is 40.1 Å². The number of rotatable bonds is 9. The number of nitrogens with zero attached hydrogens (tertiary/aromatic N) is 3. The van der Waals surface area contributed by atoms with Gasteiger partial charge in [0.15, 0.2) is 0 Å². The normalized spacial score (nSPS) is 11.7. The van der Waals surface area contributed by atoms with Gasteiger partial charge in [-0.25, -0.2) is 0 Å². The Morgan fingerprint density at radius 2 is 1.83 bits per heavy atom. The number of benzene rings is 2. The Bertz CT molecular complexity index is 1000. The van der Waals surface area contributed by atoms with E-state index in [9.17, 15) is 14.9 Å². The average molecular weight is 408 g/mol. The van der Waals surface area contributed by atoms with Crippen LogP contribution in [0.4, 0.5) is 5.82 Å². The second kappa shape index (κ2) is 9.69. The van der Waals surface area contributed by atoms with Crippen LogP contribution in [0.5, 0.6) is 5.75 Å². The molecule has 0 aliphatic carbocycles. The molecular formula is C22H24N4O4. The van der Waals surface area contributed by atoms with Crippen LogP contribution in [0.25, 0.3) is 0 Å². The van der Waals surface area contributed by atoms with E-state index < -0.39 is 4.92 Å². The van der Waals surface area contributed by atoms with E-state index in [0.29, 0.717) is 19.0 Å². The van der Waals surface area contributed by atoms with Crippen LogP contribution < -0.4 is 10.1 Å². The molecule has 8 heteroatoms. The minimum atomic E-state index is -0.541. The number of nitrogens with one attached hydrogen (secondary N) is 1. The van der Waals surface area contributed by atoms with Gasteiger partial charge in [0.05, 0.1) is 12.6 Å². The summed E-state index contributed by atoms with van der Waals surface area (Å²) in [6, 6.07) is 17.0. The number of ether oxygens (including phenoxy) is 1. The first-order valence-electron chi connectivity index (χ1n) is 9.73. The predicted octanol–water partition coefficient (Wildman–Crippen LogP) is 3.79. The number of carbonyl (C=O) groups excluding carboxylic acids is 1. The lowest BCUT2D eigenvalue weighted by atomic mass is 9.98. The van der Waals surface area contributed by atoms with E-state index in [4.69, 9.17) is 4.74 Å². The largest absolute Gasteiger partial charge is 0.494 e. The summed E-state index contributed by atoms with van der Waals surface area (Å²) in [4.78, 5) is 26.9. The van der Waals surface area contributed by atoms with Gasteiger partial charge in [-0.1, -0.05) is 42.5 Å². The van der Waals surface area contributed by atoms with Gasteiger partial charge < -0.3 is 24.7 Å². The summed E-state index contributed by atoms with van der Waals surface area (Å²) in [6.45, 7) is 4.50. The van der Waals surface area contributed by atoms with Gasteiger partial charge >= 0.3 is 5.82 Å². The van der Waals surface area contributed by atoms with Gasteiger partial charge in [-0.3, -0.25) is 4.79 Å². The zero-order valence-electron chi connectivity index (χ0n) is 16.9. The van der Waals surface area contributed by atoms with Crippen LogP contribution in [-0.2, 0) is 11.3 Å². The molecule has 0 aliphatic heterocycles. The number of hydrogen-bond acceptors (Lipinski definition) is 5. The molecule has 1 unspecified atom stereocenters. The minimum absolute atomic E-state index is 0.159. The highest BCUT2D eigenvalue weighted by molar-refractivity contribution is 5.77. The SMILES string of the molecule is CCOc1ccc(C(NC(=O)CCn2cc([N+](=O)[O-])nc2C)c2ccccc2)cc1. The molecule has 0 spiro atoms. The molecule has 30 heavy (non-hydrogen) atoms. The third-order valence-electron chi connectivity index (χ3n) is 4.69. The Kier molecular flexibility index (Phi) is 6.79. The van der Waals surface area contributed by atoms with Gasteiger partial charge in [0.25, 0.3) is 0 Å². The molecule has 8 nitrogen and oxygen atoms in total. The van der Waals surface area contributed by atoms with Crippen molar-refractivity contribution < 1.29 is 14.5 Å². The van der Waals surface area contributed by atoms with Crippen molar-refractivity contribution in [2.45, 2.75) is 32.9 Å². The molecule has 3 aromatic rings. The Balaban J connectivity index is 1.73. The lowest BCUT2D eigenvalue weighted by Crippen LogP contribution is -2.30. The number of aromatic nitrogens is 2. The maximum atomic E-state index is 12.7. The summed E-state index contributed by atoms with van der Waals surface area (Å²) in [7, 11) is 0. The third-order valence-corrected chi connectivity index (χ3v) is 4.69. The molecule has 0 bridgehead atoms. The van der Waals surface area contributed by atoms with Crippen LogP contribution in [0, 0.1) is 17.0 Å². The zero-order chi connectivity index (χ0) is 21.5. The molecule has 1 aromatic heterocycles. The first kappa shape index (κ1) is 21.0. The standard InChI is InChI=1S/C22H24N4O4/c1-3-30-19-11-9-18(10-12-19)22(17-7-5-4-6-8-17)24-21(27)13-14-25-15-20(26(28)29)23-16(25)2/h4-12,15,22H,3,13-14H2,1-2H3,(H,24,27). The second-order valence-electron chi connectivity index (χ2n) is 6.76. The third kappa shape index (κ3) is 5.22. The van der Waals surface area contributed by atoms with Crippen molar-refractivity contribution in [1.29, 1.82) is 0 Å². The number of aryl methyl sites for hydroxylation is 2. The second-order valence-corrected chi connectivity index (χ2v) is 6.76. The number of hydrogen-bond donors (Lipinski definition) is 1. The Labute approximate surface area is 174 Å². The van der Waals surface area contributed by atoms with Crippen LogP contribution in [-0.4, -0.2) is 27.0 Å². The lowest BCUT2D eigenvalue weighted by Gasteiger charge is -2.20. The van der Waals surface area contributed by atoms with Gasteiger partial charge in [-0.15, -0.1) is 0 Å². The van der Waals surface area contributed by atoms with Crippen molar-refractivity contribution in [2.75, 3.05) is 6.61 Å². The van der Waals surface area contributed by atoms with E-state index in [1.165, 1.54) is 6.20 Å². The number of carbonyl (C=O) groups is 1. The van der Waals surface area contributed by atoms with E-state index >= 15 is 0 Å². The van der Waals surface area contributed by atoms with E-state index in [1.54, 1.807) is 11.5 Å². The van der Waals surface area contributed by atoms with Crippen molar-refractivity contribution in [3.8, 4) is 5.75 Å². The molecule has 156 valence electrons. The quantitative estimate of drug-likeness (QED) is 0.429. The molecule has 3 rings (SSSR count). The molecule has 0 saturated carbocycles. The van der Waals surface area contributed by atoms with E-state index in [0.717, 1.165) is 16.9 Å². The Hall–Kier alpha value is -3.68. The molecule has 1 N–H and O–H groups in total. The molecular weight excluding hydrogens is 384 g/mol. The van der Waals surface area contributed by atoms with E-state index in [-0.39, 0.29) is 24.2 Å². The van der Waals surface area contributed by atoms with Crippen molar-refractivity contribution in [3.05, 3.63) is 87.9 Å². The molecule has 1 amide bonds. The first-order valence-corrected chi connectivity index (χ1v) is 9.73. The van der Waals surface area contributed by atoms with Crippen molar-refractivity contribution in [1.82, 2.24) is 14.9 Å². The molecule has 2 aromatic carbocycles. The summed E-state index contributed by atoms with van der Waals surface area (Å²) in [5, 5.41) is 13.9. The summed E-state index contributed by atoms with van der Waals surface area (Å²) in [5.74, 6) is 0.898. The number of imidazole rings is 1. The first-order chi connectivity index (χ1) is 14.5. The molecule has 1 atom stereocenters. The molecule has 0 aliphatic rings. The van der Waals surface area contributed by atoms with Crippen molar-refractivity contribution >= 4 is 11.7 Å². The van der Waals surface area contributed by atoms with Crippen LogP contribution in [0.1, 0.15) is 36.3 Å². The molecule has 0 fully saturated rings. The fourth-order valence-electron chi connectivity index (χ4n) is 3.19. The Morgan fingerprint density at radius 1 is 1.17 bits per heavy atom. The van der Waals surface area contributed by atoms with Crippen molar-refractivity contribution in [3.63, 3.8) is 0 Å². The van der Waals surface area contributed by atoms with Gasteiger partial charge in [0, 0.05) is 19.9 Å². The topological polar surface area (TPSA) is 99.3 Å². The fraction of sp³-hybridized carbons (Fsp3) is 0.273.